The average Bonchev–Trinajstić information content (AvgIpc) is 2.36. The Morgan fingerprint density at radius 2 is 2.17 bits per heavy atom. The molecule has 1 unspecified atom stereocenters. The van der Waals surface area contributed by atoms with Gasteiger partial charge in [-0.1, -0.05) is 18.5 Å². The van der Waals surface area contributed by atoms with Crippen LogP contribution in [0.15, 0.2) is 17.2 Å². The molecule has 0 radical (unpaired) electrons. The Balaban J connectivity index is 3.17. The Morgan fingerprint density at radius 1 is 1.56 bits per heavy atom. The molecular formula is C11H18ClN3O2S. The summed E-state index contributed by atoms with van der Waals surface area (Å²) >= 11 is 5.95. The molecule has 0 spiro atoms. The standard InChI is InChI=1S/C11H18ClN3O2S/c1-5-8(2)15(4)18(16,17)9-6-10(12)11(13-3)14-7-9/h6-8H,5H2,1-4H3,(H,13,14). The van der Waals surface area contributed by atoms with Crippen molar-refractivity contribution in [3.63, 3.8) is 0 Å². The van der Waals surface area contributed by atoms with Crippen molar-refractivity contribution in [2.75, 3.05) is 19.4 Å². The maximum absolute atomic E-state index is 12.3. The van der Waals surface area contributed by atoms with Crippen LogP contribution < -0.4 is 5.32 Å². The zero-order chi connectivity index (χ0) is 13.9. The highest BCUT2D eigenvalue weighted by molar-refractivity contribution is 7.89. The number of rotatable bonds is 5. The Morgan fingerprint density at radius 3 is 2.61 bits per heavy atom. The zero-order valence-electron chi connectivity index (χ0n) is 10.9. The second-order valence-electron chi connectivity index (χ2n) is 4.03. The number of anilines is 1. The van der Waals surface area contributed by atoms with E-state index in [0.29, 0.717) is 5.82 Å². The van der Waals surface area contributed by atoms with Crippen molar-refractivity contribution in [3.8, 4) is 0 Å². The summed E-state index contributed by atoms with van der Waals surface area (Å²) in [6.45, 7) is 3.79. The summed E-state index contributed by atoms with van der Waals surface area (Å²) in [6, 6.07) is 1.34. The summed E-state index contributed by atoms with van der Waals surface area (Å²) in [7, 11) is -0.306. The molecule has 0 aliphatic rings. The minimum atomic E-state index is -3.54. The first-order valence-electron chi connectivity index (χ1n) is 5.65. The number of nitrogens with zero attached hydrogens (tertiary/aromatic N) is 2. The van der Waals surface area contributed by atoms with E-state index < -0.39 is 10.0 Å². The molecule has 0 saturated heterocycles. The lowest BCUT2D eigenvalue weighted by Gasteiger charge is -2.23. The third kappa shape index (κ3) is 2.93. The number of aromatic nitrogens is 1. The largest absolute Gasteiger partial charge is 0.372 e. The number of pyridine rings is 1. The number of halogens is 1. The molecule has 102 valence electrons. The average molecular weight is 292 g/mol. The molecule has 0 aliphatic heterocycles. The van der Waals surface area contributed by atoms with Gasteiger partial charge in [-0.2, -0.15) is 4.31 Å². The molecule has 0 bridgehead atoms. The van der Waals surface area contributed by atoms with Crippen molar-refractivity contribution >= 4 is 27.4 Å². The fraction of sp³-hybridized carbons (Fsp3) is 0.545. The van der Waals surface area contributed by atoms with E-state index in [2.05, 4.69) is 10.3 Å². The predicted octanol–water partition coefficient (Wildman–Crippen LogP) is 2.20. The Kier molecular flexibility index (Phi) is 4.95. The Bertz CT molecular complexity index is 519. The van der Waals surface area contributed by atoms with Gasteiger partial charge >= 0.3 is 0 Å². The molecule has 0 fully saturated rings. The minimum absolute atomic E-state index is 0.0715. The van der Waals surface area contributed by atoms with Crippen LogP contribution in [0.5, 0.6) is 0 Å². The van der Waals surface area contributed by atoms with Crippen molar-refractivity contribution in [2.24, 2.45) is 0 Å². The van der Waals surface area contributed by atoms with Gasteiger partial charge < -0.3 is 5.32 Å². The molecule has 0 aliphatic carbocycles. The second-order valence-corrected chi connectivity index (χ2v) is 6.43. The van der Waals surface area contributed by atoms with Crippen LogP contribution >= 0.6 is 11.6 Å². The van der Waals surface area contributed by atoms with Crippen LogP contribution in [0.4, 0.5) is 5.82 Å². The van der Waals surface area contributed by atoms with Crippen LogP contribution in [0, 0.1) is 0 Å². The van der Waals surface area contributed by atoms with Gasteiger partial charge in [-0.15, -0.1) is 0 Å². The van der Waals surface area contributed by atoms with E-state index in [9.17, 15) is 8.42 Å². The van der Waals surface area contributed by atoms with E-state index in [-0.39, 0.29) is 16.0 Å². The van der Waals surface area contributed by atoms with Crippen molar-refractivity contribution in [1.29, 1.82) is 0 Å². The van der Waals surface area contributed by atoms with Gasteiger partial charge in [0.1, 0.15) is 10.7 Å². The van der Waals surface area contributed by atoms with Crippen molar-refractivity contribution < 1.29 is 8.42 Å². The third-order valence-corrected chi connectivity index (χ3v) is 5.17. The second kappa shape index (κ2) is 5.86. The molecule has 1 heterocycles. The normalized spacial score (nSPS) is 13.7. The smallest absolute Gasteiger partial charge is 0.244 e. The van der Waals surface area contributed by atoms with Gasteiger partial charge in [-0.25, -0.2) is 13.4 Å². The first-order valence-corrected chi connectivity index (χ1v) is 7.47. The molecule has 1 aromatic heterocycles. The molecular weight excluding hydrogens is 274 g/mol. The van der Waals surface area contributed by atoms with Gasteiger partial charge in [0.15, 0.2) is 0 Å². The molecule has 18 heavy (non-hydrogen) atoms. The van der Waals surface area contributed by atoms with Crippen molar-refractivity contribution in [1.82, 2.24) is 9.29 Å². The lowest BCUT2D eigenvalue weighted by molar-refractivity contribution is 0.380. The van der Waals surface area contributed by atoms with Gasteiger partial charge in [0.05, 0.1) is 5.02 Å². The summed E-state index contributed by atoms with van der Waals surface area (Å²) in [6.07, 6.45) is 2.05. The van der Waals surface area contributed by atoms with Crippen molar-refractivity contribution in [2.45, 2.75) is 31.2 Å². The Labute approximate surface area is 113 Å². The topological polar surface area (TPSA) is 62.3 Å². The van der Waals surface area contributed by atoms with Crippen LogP contribution in [0.2, 0.25) is 5.02 Å². The van der Waals surface area contributed by atoms with Gasteiger partial charge in [0, 0.05) is 26.3 Å². The summed E-state index contributed by atoms with van der Waals surface area (Å²) in [5.41, 5.74) is 0. The molecule has 1 atom stereocenters. The monoisotopic (exact) mass is 291 g/mol. The molecule has 1 rings (SSSR count). The zero-order valence-corrected chi connectivity index (χ0v) is 12.5. The summed E-state index contributed by atoms with van der Waals surface area (Å²) in [5.74, 6) is 0.460. The van der Waals surface area contributed by atoms with Gasteiger partial charge in [-0.05, 0) is 19.4 Å². The highest BCUT2D eigenvalue weighted by atomic mass is 35.5. The summed E-state index contributed by atoms with van der Waals surface area (Å²) < 4.78 is 25.9. The number of sulfonamides is 1. The van der Waals surface area contributed by atoms with Crippen LogP contribution in [0.1, 0.15) is 20.3 Å². The van der Waals surface area contributed by atoms with Crippen LogP contribution in [0.3, 0.4) is 0 Å². The number of nitrogens with one attached hydrogen (secondary N) is 1. The SMILES string of the molecule is CCC(C)N(C)S(=O)(=O)c1cnc(NC)c(Cl)c1. The maximum Gasteiger partial charge on any atom is 0.244 e. The first kappa shape index (κ1) is 15.2. The lowest BCUT2D eigenvalue weighted by Crippen LogP contribution is -2.34. The van der Waals surface area contributed by atoms with Crippen LogP contribution in [-0.2, 0) is 10.0 Å². The maximum atomic E-state index is 12.3. The van der Waals surface area contributed by atoms with E-state index in [1.54, 1.807) is 14.1 Å². The van der Waals surface area contributed by atoms with E-state index in [1.165, 1.54) is 16.6 Å². The first-order chi connectivity index (χ1) is 8.34. The quantitative estimate of drug-likeness (QED) is 0.903. The molecule has 0 aromatic carbocycles. The third-order valence-electron chi connectivity index (χ3n) is 2.94. The molecule has 0 amide bonds. The van der Waals surface area contributed by atoms with Crippen LogP contribution in [-0.4, -0.2) is 37.8 Å². The Hall–Kier alpha value is -0.850. The van der Waals surface area contributed by atoms with E-state index in [4.69, 9.17) is 11.6 Å². The fourth-order valence-corrected chi connectivity index (χ4v) is 3.14. The number of hydrogen-bond donors (Lipinski definition) is 1. The van der Waals surface area contributed by atoms with E-state index in [1.807, 2.05) is 13.8 Å². The molecule has 0 saturated carbocycles. The lowest BCUT2D eigenvalue weighted by atomic mass is 10.3. The number of hydrogen-bond acceptors (Lipinski definition) is 4. The molecule has 1 N–H and O–H groups in total. The van der Waals surface area contributed by atoms with Gasteiger partial charge in [0.2, 0.25) is 10.0 Å². The van der Waals surface area contributed by atoms with Gasteiger partial charge in [-0.3, -0.25) is 0 Å². The highest BCUT2D eigenvalue weighted by Gasteiger charge is 2.25. The minimum Gasteiger partial charge on any atom is -0.372 e. The van der Waals surface area contributed by atoms with E-state index in [0.717, 1.165) is 6.42 Å². The van der Waals surface area contributed by atoms with E-state index >= 15 is 0 Å². The predicted molar refractivity (Wildman–Crippen MR) is 73.5 cm³/mol. The summed E-state index contributed by atoms with van der Waals surface area (Å²) in [5, 5.41) is 3.07. The summed E-state index contributed by atoms with van der Waals surface area (Å²) in [4.78, 5) is 4.09. The van der Waals surface area contributed by atoms with Crippen LogP contribution in [0.25, 0.3) is 0 Å². The van der Waals surface area contributed by atoms with Crippen molar-refractivity contribution in [3.05, 3.63) is 17.3 Å². The molecule has 5 nitrogen and oxygen atoms in total. The van der Waals surface area contributed by atoms with Gasteiger partial charge in [0.25, 0.3) is 0 Å². The highest BCUT2D eigenvalue weighted by Crippen LogP contribution is 2.24. The molecule has 7 heteroatoms. The fourth-order valence-electron chi connectivity index (χ4n) is 1.41. The molecule has 1 aromatic rings.